The van der Waals surface area contributed by atoms with Crippen molar-refractivity contribution >= 4 is 5.97 Å². The summed E-state index contributed by atoms with van der Waals surface area (Å²) in [4.78, 5) is 14.7. The van der Waals surface area contributed by atoms with Crippen LogP contribution in [-0.4, -0.2) is 30.7 Å². The van der Waals surface area contributed by atoms with E-state index in [0.717, 1.165) is 0 Å². The molecule has 1 aromatic rings. The van der Waals surface area contributed by atoms with E-state index < -0.39 is 12.0 Å². The highest BCUT2D eigenvalue weighted by molar-refractivity contribution is 5.75. The minimum atomic E-state index is -0.764. The van der Waals surface area contributed by atoms with E-state index >= 15 is 0 Å². The predicted molar refractivity (Wildman–Crippen MR) is 49.7 cm³/mol. The summed E-state index contributed by atoms with van der Waals surface area (Å²) in [6, 6.07) is 2.70. The van der Waals surface area contributed by atoms with Crippen LogP contribution in [0.3, 0.4) is 0 Å². The molecule has 0 bridgehead atoms. The third-order valence-corrected chi connectivity index (χ3v) is 1.57. The van der Waals surface area contributed by atoms with Crippen LogP contribution in [0.1, 0.15) is 0 Å². The average Bonchev–Trinajstić information content (AvgIpc) is 2.26. The lowest BCUT2D eigenvalue weighted by atomic mass is 10.3. The van der Waals surface area contributed by atoms with Crippen molar-refractivity contribution in [1.82, 2.24) is 4.98 Å². The maximum Gasteiger partial charge on any atom is 0.326 e. The fourth-order valence-electron chi connectivity index (χ4n) is 0.838. The number of esters is 1. The van der Waals surface area contributed by atoms with Crippen LogP contribution >= 0.6 is 0 Å². The standard InChI is InChI=1S/C9H12N2O3/c1-13-9(12)8(10)6-14-7-3-2-4-11-5-7/h2-5,8H,6,10H2,1H3/t8-/m1/s1. The van der Waals surface area contributed by atoms with Crippen molar-refractivity contribution in [2.45, 2.75) is 6.04 Å². The van der Waals surface area contributed by atoms with E-state index in [2.05, 4.69) is 9.72 Å². The second-order valence-corrected chi connectivity index (χ2v) is 2.63. The Morgan fingerprint density at radius 1 is 1.71 bits per heavy atom. The molecule has 2 N–H and O–H groups in total. The molecule has 0 amide bonds. The van der Waals surface area contributed by atoms with Crippen molar-refractivity contribution in [3.05, 3.63) is 24.5 Å². The van der Waals surface area contributed by atoms with Crippen molar-refractivity contribution < 1.29 is 14.3 Å². The van der Waals surface area contributed by atoms with Gasteiger partial charge >= 0.3 is 5.97 Å². The summed E-state index contributed by atoms with van der Waals surface area (Å²) in [5.41, 5.74) is 5.46. The third kappa shape index (κ3) is 3.02. The Morgan fingerprint density at radius 2 is 2.50 bits per heavy atom. The highest BCUT2D eigenvalue weighted by atomic mass is 16.5. The van der Waals surface area contributed by atoms with Crippen LogP contribution in [0.2, 0.25) is 0 Å². The predicted octanol–water partition coefficient (Wildman–Crippen LogP) is -0.0393. The number of aromatic nitrogens is 1. The molecule has 5 nitrogen and oxygen atoms in total. The zero-order valence-electron chi connectivity index (χ0n) is 7.84. The Kier molecular flexibility index (Phi) is 3.87. The molecule has 0 saturated carbocycles. The van der Waals surface area contributed by atoms with Gasteiger partial charge in [0.1, 0.15) is 18.4 Å². The number of hydrogen-bond donors (Lipinski definition) is 1. The molecule has 0 fully saturated rings. The Balaban J connectivity index is 2.38. The first-order valence-electron chi connectivity index (χ1n) is 4.10. The molecule has 1 aromatic heterocycles. The van der Waals surface area contributed by atoms with Crippen LogP contribution < -0.4 is 10.5 Å². The second-order valence-electron chi connectivity index (χ2n) is 2.63. The van der Waals surface area contributed by atoms with Gasteiger partial charge in [-0.25, -0.2) is 0 Å². The van der Waals surface area contributed by atoms with E-state index in [0.29, 0.717) is 5.75 Å². The number of carbonyl (C=O) groups is 1. The van der Waals surface area contributed by atoms with Gasteiger partial charge in [-0.15, -0.1) is 0 Å². The molecule has 14 heavy (non-hydrogen) atoms. The van der Waals surface area contributed by atoms with E-state index in [-0.39, 0.29) is 6.61 Å². The van der Waals surface area contributed by atoms with Gasteiger partial charge in [0.25, 0.3) is 0 Å². The van der Waals surface area contributed by atoms with Crippen LogP contribution in [0, 0.1) is 0 Å². The fraction of sp³-hybridized carbons (Fsp3) is 0.333. The lowest BCUT2D eigenvalue weighted by molar-refractivity contribution is -0.142. The van der Waals surface area contributed by atoms with Gasteiger partial charge in [0.15, 0.2) is 0 Å². The number of methoxy groups -OCH3 is 1. The first kappa shape index (κ1) is 10.5. The van der Waals surface area contributed by atoms with E-state index in [1.165, 1.54) is 7.11 Å². The monoisotopic (exact) mass is 196 g/mol. The number of carbonyl (C=O) groups excluding carboxylic acids is 1. The molecule has 5 heteroatoms. The second kappa shape index (κ2) is 5.18. The molecule has 0 aliphatic rings. The number of nitrogens with zero attached hydrogens (tertiary/aromatic N) is 1. The lowest BCUT2D eigenvalue weighted by Gasteiger charge is -2.10. The summed E-state index contributed by atoms with van der Waals surface area (Å²) in [5, 5.41) is 0. The fourth-order valence-corrected chi connectivity index (χ4v) is 0.838. The summed E-state index contributed by atoms with van der Waals surface area (Å²) in [5.74, 6) is 0.0840. The lowest BCUT2D eigenvalue weighted by Crippen LogP contribution is -2.37. The minimum absolute atomic E-state index is 0.0817. The van der Waals surface area contributed by atoms with Gasteiger partial charge in [-0.1, -0.05) is 0 Å². The number of rotatable bonds is 4. The highest BCUT2D eigenvalue weighted by Gasteiger charge is 2.13. The summed E-state index contributed by atoms with van der Waals surface area (Å²) < 4.78 is 9.64. The maximum absolute atomic E-state index is 10.9. The summed E-state index contributed by atoms with van der Waals surface area (Å²) in [6.07, 6.45) is 3.18. The molecule has 0 spiro atoms. The highest BCUT2D eigenvalue weighted by Crippen LogP contribution is 2.05. The molecule has 0 aliphatic heterocycles. The third-order valence-electron chi connectivity index (χ3n) is 1.57. The number of ether oxygens (including phenoxy) is 2. The Hall–Kier alpha value is -1.62. The quantitative estimate of drug-likeness (QED) is 0.684. The van der Waals surface area contributed by atoms with Gasteiger partial charge in [0.05, 0.1) is 13.3 Å². The topological polar surface area (TPSA) is 74.4 Å². The van der Waals surface area contributed by atoms with Gasteiger partial charge in [-0.05, 0) is 12.1 Å². The van der Waals surface area contributed by atoms with Crippen molar-refractivity contribution in [1.29, 1.82) is 0 Å². The summed E-state index contributed by atoms with van der Waals surface area (Å²) in [7, 11) is 1.28. The first-order chi connectivity index (χ1) is 6.74. The van der Waals surface area contributed by atoms with Gasteiger partial charge in [0.2, 0.25) is 0 Å². The number of nitrogens with two attached hydrogens (primary N) is 1. The molecule has 0 aliphatic carbocycles. The molecule has 0 aromatic carbocycles. The summed E-state index contributed by atoms with van der Waals surface area (Å²) >= 11 is 0. The smallest absolute Gasteiger partial charge is 0.326 e. The van der Waals surface area contributed by atoms with E-state index in [1.54, 1.807) is 24.5 Å². The molecular formula is C9H12N2O3. The van der Waals surface area contributed by atoms with Crippen molar-refractivity contribution in [3.63, 3.8) is 0 Å². The van der Waals surface area contributed by atoms with Crippen LogP contribution in [0.5, 0.6) is 5.75 Å². The Morgan fingerprint density at radius 3 is 3.07 bits per heavy atom. The van der Waals surface area contributed by atoms with Crippen LogP contribution in [0.15, 0.2) is 24.5 Å². The first-order valence-corrected chi connectivity index (χ1v) is 4.10. The zero-order valence-corrected chi connectivity index (χ0v) is 7.84. The largest absolute Gasteiger partial charge is 0.490 e. The minimum Gasteiger partial charge on any atom is -0.490 e. The van der Waals surface area contributed by atoms with E-state index in [9.17, 15) is 4.79 Å². The van der Waals surface area contributed by atoms with Crippen LogP contribution in [0.4, 0.5) is 0 Å². The molecule has 76 valence electrons. The normalized spacial score (nSPS) is 11.9. The Labute approximate surface area is 81.8 Å². The molecule has 1 heterocycles. The molecule has 1 atom stereocenters. The van der Waals surface area contributed by atoms with Gasteiger partial charge in [-0.3, -0.25) is 9.78 Å². The van der Waals surface area contributed by atoms with E-state index in [1.807, 2.05) is 0 Å². The van der Waals surface area contributed by atoms with Crippen LogP contribution in [0.25, 0.3) is 0 Å². The van der Waals surface area contributed by atoms with Gasteiger partial charge in [0, 0.05) is 6.20 Å². The van der Waals surface area contributed by atoms with Crippen molar-refractivity contribution in [2.24, 2.45) is 5.73 Å². The molecule has 0 unspecified atom stereocenters. The number of hydrogen-bond acceptors (Lipinski definition) is 5. The van der Waals surface area contributed by atoms with E-state index in [4.69, 9.17) is 10.5 Å². The number of pyridine rings is 1. The molecule has 1 rings (SSSR count). The zero-order chi connectivity index (χ0) is 10.4. The molecular weight excluding hydrogens is 184 g/mol. The average molecular weight is 196 g/mol. The van der Waals surface area contributed by atoms with Gasteiger partial charge < -0.3 is 15.2 Å². The van der Waals surface area contributed by atoms with Crippen molar-refractivity contribution in [3.8, 4) is 5.75 Å². The maximum atomic E-state index is 10.9. The molecule has 0 radical (unpaired) electrons. The van der Waals surface area contributed by atoms with Crippen molar-refractivity contribution in [2.75, 3.05) is 13.7 Å². The van der Waals surface area contributed by atoms with Crippen LogP contribution in [-0.2, 0) is 9.53 Å². The Bertz CT molecular complexity index is 289. The summed E-state index contributed by atoms with van der Waals surface area (Å²) in [6.45, 7) is 0.0817. The molecule has 0 saturated heterocycles. The SMILES string of the molecule is COC(=O)[C@H](N)COc1cccnc1. The van der Waals surface area contributed by atoms with Gasteiger partial charge in [-0.2, -0.15) is 0 Å².